The average Bonchev–Trinajstić information content (AvgIpc) is 3.13. The van der Waals surface area contributed by atoms with E-state index in [4.69, 9.17) is 0 Å². The maximum absolute atomic E-state index is 13.0. The number of anilines is 1. The van der Waals surface area contributed by atoms with Gasteiger partial charge in [0.25, 0.3) is 0 Å². The Morgan fingerprint density at radius 3 is 2.31 bits per heavy atom. The molecule has 11 heteroatoms. The van der Waals surface area contributed by atoms with E-state index in [1.165, 1.54) is 4.57 Å². The van der Waals surface area contributed by atoms with Crippen molar-refractivity contribution >= 4 is 34.9 Å². The molecule has 11 nitrogen and oxygen atoms in total. The first kappa shape index (κ1) is 24.5. The number of nitrogens with one attached hydrogen (secondary N) is 2. The Morgan fingerprint density at radius 2 is 1.64 bits per heavy atom. The number of piperazine rings is 1. The van der Waals surface area contributed by atoms with E-state index in [1.54, 1.807) is 11.6 Å². The van der Waals surface area contributed by atoms with Gasteiger partial charge in [-0.3, -0.25) is 33.7 Å². The molecular weight excluding hydrogens is 462 g/mol. The fourth-order valence-electron chi connectivity index (χ4n) is 5.71. The molecule has 0 saturated carbocycles. The number of imide groups is 1. The molecule has 4 heterocycles. The molecule has 2 N–H and O–H groups in total. The van der Waals surface area contributed by atoms with Crippen LogP contribution in [-0.2, 0) is 21.4 Å². The summed E-state index contributed by atoms with van der Waals surface area (Å²) in [5, 5.41) is 5.25. The van der Waals surface area contributed by atoms with Gasteiger partial charge in [-0.1, -0.05) is 0 Å². The van der Waals surface area contributed by atoms with Crippen LogP contribution in [0.25, 0.3) is 11.0 Å². The number of aromatic nitrogens is 2. The number of carbonyl (C=O) groups is 3. The standard InChI is InChI=1S/C25H35N7O4/c1-28-22-16-19(2-3-20(22)32(25(28)36)21-4-5-23(34)27-24(21)35)31-14-12-30(13-15-31)11-10-29-8-6-18(7-9-29)26-17-33/h2-3,16-18,21H,4-15H2,1H3,(H,26,33)(H,27,34,35). The van der Waals surface area contributed by atoms with Crippen LogP contribution in [0.15, 0.2) is 23.0 Å². The summed E-state index contributed by atoms with van der Waals surface area (Å²) in [6, 6.07) is 5.63. The van der Waals surface area contributed by atoms with E-state index in [0.29, 0.717) is 18.0 Å². The summed E-state index contributed by atoms with van der Waals surface area (Å²) in [7, 11) is 1.73. The van der Waals surface area contributed by atoms with Crippen molar-refractivity contribution in [2.75, 3.05) is 57.3 Å². The highest BCUT2D eigenvalue weighted by Gasteiger charge is 2.31. The fraction of sp³-hybridized carbons (Fsp3) is 0.600. The predicted octanol–water partition coefficient (Wildman–Crippen LogP) is -0.350. The number of benzene rings is 1. The van der Waals surface area contributed by atoms with Crippen molar-refractivity contribution in [1.82, 2.24) is 29.6 Å². The maximum Gasteiger partial charge on any atom is 0.329 e. The molecule has 0 radical (unpaired) electrons. The van der Waals surface area contributed by atoms with Crippen molar-refractivity contribution in [3.8, 4) is 0 Å². The Kier molecular flexibility index (Phi) is 7.10. The third-order valence-corrected chi connectivity index (χ3v) is 7.96. The molecule has 3 aliphatic heterocycles. The monoisotopic (exact) mass is 497 g/mol. The van der Waals surface area contributed by atoms with Crippen LogP contribution in [0.2, 0.25) is 0 Å². The summed E-state index contributed by atoms with van der Waals surface area (Å²) in [6.45, 7) is 7.95. The third-order valence-electron chi connectivity index (χ3n) is 7.96. The summed E-state index contributed by atoms with van der Waals surface area (Å²) in [5.41, 5.74) is 2.33. The number of fused-ring (bicyclic) bond motifs is 1. The van der Waals surface area contributed by atoms with Crippen LogP contribution >= 0.6 is 0 Å². The molecule has 0 bridgehead atoms. The minimum Gasteiger partial charge on any atom is -0.369 e. The largest absolute Gasteiger partial charge is 0.369 e. The number of rotatable bonds is 7. The first-order valence-electron chi connectivity index (χ1n) is 12.9. The van der Waals surface area contributed by atoms with E-state index in [1.807, 2.05) is 18.2 Å². The summed E-state index contributed by atoms with van der Waals surface area (Å²) in [6.07, 6.45) is 3.41. The number of amides is 3. The predicted molar refractivity (Wildman–Crippen MR) is 136 cm³/mol. The smallest absolute Gasteiger partial charge is 0.329 e. The second kappa shape index (κ2) is 10.4. The molecule has 1 atom stereocenters. The Hall–Kier alpha value is -3.18. The van der Waals surface area contributed by atoms with Crippen molar-refractivity contribution in [1.29, 1.82) is 0 Å². The van der Waals surface area contributed by atoms with E-state index < -0.39 is 11.9 Å². The van der Waals surface area contributed by atoms with Gasteiger partial charge >= 0.3 is 5.69 Å². The summed E-state index contributed by atoms with van der Waals surface area (Å²) in [4.78, 5) is 54.9. The summed E-state index contributed by atoms with van der Waals surface area (Å²) < 4.78 is 3.11. The zero-order valence-electron chi connectivity index (χ0n) is 20.8. The zero-order valence-corrected chi connectivity index (χ0v) is 20.8. The molecule has 5 rings (SSSR count). The van der Waals surface area contributed by atoms with Crippen LogP contribution in [0.1, 0.15) is 31.7 Å². The van der Waals surface area contributed by atoms with Crippen molar-refractivity contribution in [2.24, 2.45) is 7.05 Å². The number of hydrogen-bond donors (Lipinski definition) is 2. The van der Waals surface area contributed by atoms with Gasteiger partial charge in [-0.05, 0) is 37.5 Å². The molecule has 3 aliphatic rings. The Balaban J connectivity index is 1.20. The number of imidazole rings is 1. The van der Waals surface area contributed by atoms with Crippen LogP contribution in [0.4, 0.5) is 5.69 Å². The van der Waals surface area contributed by atoms with Crippen LogP contribution in [-0.4, -0.2) is 95.6 Å². The zero-order chi connectivity index (χ0) is 25.2. The molecule has 0 spiro atoms. The van der Waals surface area contributed by atoms with Crippen LogP contribution in [0.5, 0.6) is 0 Å². The number of nitrogens with zero attached hydrogens (tertiary/aromatic N) is 5. The average molecular weight is 498 g/mol. The van der Waals surface area contributed by atoms with Crippen molar-refractivity contribution < 1.29 is 14.4 Å². The molecule has 194 valence electrons. The van der Waals surface area contributed by atoms with Crippen molar-refractivity contribution in [3.63, 3.8) is 0 Å². The normalized spacial score (nSPS) is 22.7. The molecule has 2 aromatic rings. The van der Waals surface area contributed by atoms with Gasteiger partial charge in [-0.15, -0.1) is 0 Å². The maximum atomic E-state index is 13.0. The van der Waals surface area contributed by atoms with E-state index >= 15 is 0 Å². The number of hydrogen-bond acceptors (Lipinski definition) is 7. The second-order valence-electron chi connectivity index (χ2n) is 10.1. The lowest BCUT2D eigenvalue weighted by Gasteiger charge is -2.38. The SMILES string of the molecule is Cn1c(=O)n(C2CCC(=O)NC2=O)c2ccc(N3CCN(CCN4CCC(NC=O)CC4)CC3)cc21. The lowest BCUT2D eigenvalue weighted by molar-refractivity contribution is -0.135. The van der Waals surface area contributed by atoms with Gasteiger partial charge in [0, 0.05) is 77.6 Å². The fourth-order valence-corrected chi connectivity index (χ4v) is 5.71. The molecule has 0 aliphatic carbocycles. The van der Waals surface area contributed by atoms with E-state index in [-0.39, 0.29) is 18.0 Å². The summed E-state index contributed by atoms with van der Waals surface area (Å²) >= 11 is 0. The molecule has 3 amide bonds. The topological polar surface area (TPSA) is 112 Å². The number of piperidine rings is 2. The van der Waals surface area contributed by atoms with Crippen molar-refractivity contribution in [2.45, 2.75) is 37.8 Å². The second-order valence-corrected chi connectivity index (χ2v) is 10.1. The Labute approximate surface area is 210 Å². The van der Waals surface area contributed by atoms with Gasteiger partial charge in [-0.25, -0.2) is 4.79 Å². The Morgan fingerprint density at radius 1 is 0.944 bits per heavy atom. The first-order chi connectivity index (χ1) is 17.4. The minimum absolute atomic E-state index is 0.233. The lowest BCUT2D eigenvalue weighted by Crippen LogP contribution is -2.50. The van der Waals surface area contributed by atoms with E-state index in [2.05, 4.69) is 25.3 Å². The quantitative estimate of drug-likeness (QED) is 0.397. The van der Waals surface area contributed by atoms with Gasteiger partial charge in [-0.2, -0.15) is 0 Å². The van der Waals surface area contributed by atoms with Gasteiger partial charge < -0.3 is 15.1 Å². The molecular formula is C25H35N7O4. The third kappa shape index (κ3) is 4.90. The lowest BCUT2D eigenvalue weighted by atomic mass is 10.1. The van der Waals surface area contributed by atoms with E-state index in [0.717, 1.165) is 82.8 Å². The van der Waals surface area contributed by atoms with Crippen molar-refractivity contribution in [3.05, 3.63) is 28.7 Å². The van der Waals surface area contributed by atoms with Crippen LogP contribution < -0.4 is 21.2 Å². The van der Waals surface area contributed by atoms with Gasteiger partial charge in [0.1, 0.15) is 6.04 Å². The first-order valence-corrected chi connectivity index (χ1v) is 12.9. The number of likely N-dealkylation sites (tertiary alicyclic amines) is 1. The molecule has 3 saturated heterocycles. The molecule has 1 unspecified atom stereocenters. The molecule has 1 aromatic carbocycles. The number of aryl methyl sites for hydroxylation is 1. The van der Waals surface area contributed by atoms with Gasteiger partial charge in [0.05, 0.1) is 11.0 Å². The van der Waals surface area contributed by atoms with Gasteiger partial charge in [0.2, 0.25) is 18.2 Å². The molecule has 1 aromatic heterocycles. The highest BCUT2D eigenvalue weighted by atomic mass is 16.2. The highest BCUT2D eigenvalue weighted by molar-refractivity contribution is 6.00. The molecule has 3 fully saturated rings. The highest BCUT2D eigenvalue weighted by Crippen LogP contribution is 2.27. The number of carbonyl (C=O) groups excluding carboxylic acids is 3. The Bertz CT molecular complexity index is 1190. The summed E-state index contributed by atoms with van der Waals surface area (Å²) in [5.74, 6) is -0.703. The minimum atomic E-state index is -0.666. The molecule has 36 heavy (non-hydrogen) atoms. The van der Waals surface area contributed by atoms with Gasteiger partial charge in [0.15, 0.2) is 0 Å². The van der Waals surface area contributed by atoms with Crippen LogP contribution in [0.3, 0.4) is 0 Å². The van der Waals surface area contributed by atoms with E-state index in [9.17, 15) is 19.2 Å². The van der Waals surface area contributed by atoms with Crippen LogP contribution in [0, 0.1) is 0 Å².